The third-order valence-corrected chi connectivity index (χ3v) is 5.72. The smallest absolute Gasteiger partial charge is 0.253 e. The number of aromatic nitrogens is 1. The fourth-order valence-corrected chi connectivity index (χ4v) is 4.04. The van der Waals surface area contributed by atoms with Gasteiger partial charge in [0.25, 0.3) is 5.91 Å². The highest BCUT2D eigenvalue weighted by Gasteiger charge is 2.24. The zero-order valence-electron chi connectivity index (χ0n) is 16.5. The van der Waals surface area contributed by atoms with Crippen LogP contribution >= 0.6 is 0 Å². The van der Waals surface area contributed by atoms with Crippen LogP contribution in [0.5, 0.6) is 0 Å². The number of nitrogens with zero attached hydrogens (tertiary/aromatic N) is 2. The van der Waals surface area contributed by atoms with E-state index in [0.717, 1.165) is 11.3 Å². The molecule has 146 valence electrons. The standard InChI is InChI=1S/C20H27N3O3S/c1-15-9-10-17(27(25,26)22-20(2,3)4)14-18(15)19(24)23(5)13-11-16-8-6-7-12-21-16/h6-10,12,14,22H,11,13H2,1-5H3. The molecule has 2 aromatic rings. The highest BCUT2D eigenvalue weighted by atomic mass is 32.2. The van der Waals surface area contributed by atoms with Crippen molar-refractivity contribution in [3.8, 4) is 0 Å². The first-order chi connectivity index (χ1) is 12.5. The van der Waals surface area contributed by atoms with Gasteiger partial charge in [0.15, 0.2) is 0 Å². The van der Waals surface area contributed by atoms with E-state index in [0.29, 0.717) is 18.5 Å². The average molecular weight is 390 g/mol. The summed E-state index contributed by atoms with van der Waals surface area (Å²) in [4.78, 5) is 18.8. The van der Waals surface area contributed by atoms with Crippen molar-refractivity contribution >= 4 is 15.9 Å². The van der Waals surface area contributed by atoms with Crippen molar-refractivity contribution in [1.29, 1.82) is 0 Å². The van der Waals surface area contributed by atoms with Gasteiger partial charge in [-0.1, -0.05) is 12.1 Å². The number of hydrogen-bond acceptors (Lipinski definition) is 4. The van der Waals surface area contributed by atoms with Crippen LogP contribution < -0.4 is 4.72 Å². The van der Waals surface area contributed by atoms with E-state index in [4.69, 9.17) is 0 Å². The molecular formula is C20H27N3O3S. The lowest BCUT2D eigenvalue weighted by Gasteiger charge is -2.22. The van der Waals surface area contributed by atoms with Crippen LogP contribution in [0.15, 0.2) is 47.5 Å². The third kappa shape index (κ3) is 5.87. The number of sulfonamides is 1. The van der Waals surface area contributed by atoms with Crippen molar-refractivity contribution in [2.75, 3.05) is 13.6 Å². The average Bonchev–Trinajstić information content (AvgIpc) is 2.58. The molecule has 2 rings (SSSR count). The molecule has 0 aliphatic rings. The summed E-state index contributed by atoms with van der Waals surface area (Å²) in [5.41, 5.74) is 1.42. The number of pyridine rings is 1. The summed E-state index contributed by atoms with van der Waals surface area (Å²) >= 11 is 0. The fourth-order valence-electron chi connectivity index (χ4n) is 2.60. The Morgan fingerprint density at radius 2 is 1.89 bits per heavy atom. The Kier molecular flexibility index (Phi) is 6.38. The molecule has 6 nitrogen and oxygen atoms in total. The second-order valence-electron chi connectivity index (χ2n) is 7.63. The van der Waals surface area contributed by atoms with Crippen molar-refractivity contribution in [3.05, 3.63) is 59.4 Å². The molecule has 1 amide bonds. The van der Waals surface area contributed by atoms with Crippen LogP contribution in [0.4, 0.5) is 0 Å². The van der Waals surface area contributed by atoms with Crippen LogP contribution in [0.25, 0.3) is 0 Å². The molecule has 0 radical (unpaired) electrons. The fraction of sp³-hybridized carbons (Fsp3) is 0.400. The minimum atomic E-state index is -3.70. The van der Waals surface area contributed by atoms with Crippen LogP contribution in [0.1, 0.15) is 42.4 Å². The monoisotopic (exact) mass is 389 g/mol. The maximum atomic E-state index is 12.8. The highest BCUT2D eigenvalue weighted by molar-refractivity contribution is 7.89. The zero-order chi connectivity index (χ0) is 20.2. The first kappa shape index (κ1) is 21.1. The number of likely N-dealkylation sites (N-methyl/N-ethyl adjacent to an activating group) is 1. The van der Waals surface area contributed by atoms with Gasteiger partial charge in [-0.15, -0.1) is 0 Å². The lowest BCUT2D eigenvalue weighted by molar-refractivity contribution is 0.0795. The summed E-state index contributed by atoms with van der Waals surface area (Å²) in [6.45, 7) is 7.61. The number of rotatable bonds is 6. The van der Waals surface area contributed by atoms with E-state index in [1.165, 1.54) is 12.1 Å². The molecule has 1 aromatic heterocycles. The molecule has 0 saturated carbocycles. The Morgan fingerprint density at radius 1 is 1.19 bits per heavy atom. The summed E-state index contributed by atoms with van der Waals surface area (Å²) in [6.07, 6.45) is 2.35. The normalized spacial score (nSPS) is 12.0. The molecule has 0 saturated heterocycles. The van der Waals surface area contributed by atoms with Crippen LogP contribution in [0.3, 0.4) is 0 Å². The number of aryl methyl sites for hydroxylation is 1. The predicted molar refractivity (Wildman–Crippen MR) is 106 cm³/mol. The molecule has 0 aliphatic heterocycles. The molecule has 1 heterocycles. The maximum Gasteiger partial charge on any atom is 0.253 e. The molecule has 0 fully saturated rings. The molecular weight excluding hydrogens is 362 g/mol. The molecule has 7 heteroatoms. The van der Waals surface area contributed by atoms with E-state index in [1.54, 1.807) is 51.9 Å². The van der Waals surface area contributed by atoms with Gasteiger partial charge in [-0.3, -0.25) is 9.78 Å². The van der Waals surface area contributed by atoms with E-state index < -0.39 is 15.6 Å². The Bertz CT molecular complexity index is 904. The van der Waals surface area contributed by atoms with Crippen molar-refractivity contribution in [2.24, 2.45) is 0 Å². The van der Waals surface area contributed by atoms with E-state index in [1.807, 2.05) is 18.2 Å². The van der Waals surface area contributed by atoms with Gasteiger partial charge >= 0.3 is 0 Å². The Morgan fingerprint density at radius 3 is 2.48 bits per heavy atom. The van der Waals surface area contributed by atoms with Gasteiger partial charge in [0, 0.05) is 43.0 Å². The van der Waals surface area contributed by atoms with Crippen molar-refractivity contribution in [3.63, 3.8) is 0 Å². The highest BCUT2D eigenvalue weighted by Crippen LogP contribution is 2.19. The minimum Gasteiger partial charge on any atom is -0.341 e. The Labute approximate surface area is 161 Å². The molecule has 27 heavy (non-hydrogen) atoms. The van der Waals surface area contributed by atoms with Crippen LogP contribution in [-0.2, 0) is 16.4 Å². The van der Waals surface area contributed by atoms with Gasteiger partial charge < -0.3 is 4.90 Å². The topological polar surface area (TPSA) is 79.4 Å². The van der Waals surface area contributed by atoms with Gasteiger partial charge in [0.05, 0.1) is 4.90 Å². The number of benzene rings is 1. The van der Waals surface area contributed by atoms with Gasteiger partial charge in [0.2, 0.25) is 10.0 Å². The van der Waals surface area contributed by atoms with Crippen molar-refractivity contribution < 1.29 is 13.2 Å². The lowest BCUT2D eigenvalue weighted by atomic mass is 10.1. The van der Waals surface area contributed by atoms with E-state index >= 15 is 0 Å². The first-order valence-corrected chi connectivity index (χ1v) is 10.3. The van der Waals surface area contributed by atoms with Crippen LogP contribution in [0, 0.1) is 6.92 Å². The molecule has 0 spiro atoms. The van der Waals surface area contributed by atoms with Crippen LogP contribution in [-0.4, -0.2) is 43.3 Å². The Balaban J connectivity index is 2.20. The number of carbonyl (C=O) groups excluding carboxylic acids is 1. The summed E-state index contributed by atoms with van der Waals surface area (Å²) in [5.74, 6) is -0.212. The minimum absolute atomic E-state index is 0.0875. The van der Waals surface area contributed by atoms with Gasteiger partial charge in [0.1, 0.15) is 0 Å². The SMILES string of the molecule is Cc1ccc(S(=O)(=O)NC(C)(C)C)cc1C(=O)N(C)CCc1ccccn1. The molecule has 0 aliphatic carbocycles. The molecule has 0 bridgehead atoms. The van der Waals surface area contributed by atoms with E-state index in [2.05, 4.69) is 9.71 Å². The molecule has 1 aromatic carbocycles. The van der Waals surface area contributed by atoms with Gasteiger partial charge in [-0.05, 0) is 57.5 Å². The maximum absolute atomic E-state index is 12.8. The summed E-state index contributed by atoms with van der Waals surface area (Å²) < 4.78 is 27.8. The van der Waals surface area contributed by atoms with E-state index in [-0.39, 0.29) is 10.8 Å². The summed E-state index contributed by atoms with van der Waals surface area (Å²) in [6, 6.07) is 10.3. The van der Waals surface area contributed by atoms with Crippen molar-refractivity contribution in [1.82, 2.24) is 14.6 Å². The number of carbonyl (C=O) groups is 1. The van der Waals surface area contributed by atoms with Crippen LogP contribution in [0.2, 0.25) is 0 Å². The Hall–Kier alpha value is -2.25. The second kappa shape index (κ2) is 8.19. The first-order valence-electron chi connectivity index (χ1n) is 8.79. The molecule has 0 atom stereocenters. The number of amides is 1. The second-order valence-corrected chi connectivity index (χ2v) is 9.31. The number of hydrogen-bond donors (Lipinski definition) is 1. The molecule has 1 N–H and O–H groups in total. The lowest BCUT2D eigenvalue weighted by Crippen LogP contribution is -2.40. The quantitative estimate of drug-likeness (QED) is 0.824. The third-order valence-electron chi connectivity index (χ3n) is 3.97. The largest absolute Gasteiger partial charge is 0.341 e. The summed E-state index contributed by atoms with van der Waals surface area (Å²) in [7, 11) is -1.99. The number of nitrogens with one attached hydrogen (secondary N) is 1. The summed E-state index contributed by atoms with van der Waals surface area (Å²) in [5, 5.41) is 0. The van der Waals surface area contributed by atoms with Gasteiger partial charge in [-0.2, -0.15) is 0 Å². The zero-order valence-corrected chi connectivity index (χ0v) is 17.3. The van der Waals surface area contributed by atoms with Gasteiger partial charge in [-0.25, -0.2) is 13.1 Å². The predicted octanol–water partition coefficient (Wildman–Crippen LogP) is 2.78. The molecule has 0 unspecified atom stereocenters. The van der Waals surface area contributed by atoms with Crippen molar-refractivity contribution in [2.45, 2.75) is 44.6 Å². The van der Waals surface area contributed by atoms with E-state index in [9.17, 15) is 13.2 Å².